The van der Waals surface area contributed by atoms with Crippen molar-refractivity contribution in [1.29, 1.82) is 0 Å². The standard InChI is InChI=1S/C32H36N4O2/c33-20-24-11-13-27(14-12-24)32(37)36-29(19-23-7-3-1-4-8-23)31-34-21-30(35-31)26-15-17-28(18-16-26)38-22-25-9-5-2-6-10-25/h1-10,15-18,21,24,27,29H,11-14,19-20,22,33H2,(H,34,35)(H,36,37). The Balaban J connectivity index is 1.27. The van der Waals surface area contributed by atoms with Crippen molar-refractivity contribution in [3.8, 4) is 17.0 Å². The van der Waals surface area contributed by atoms with E-state index in [9.17, 15) is 4.79 Å². The third-order valence-corrected chi connectivity index (χ3v) is 7.48. The lowest BCUT2D eigenvalue weighted by Crippen LogP contribution is -2.37. The van der Waals surface area contributed by atoms with E-state index in [4.69, 9.17) is 15.5 Å². The molecule has 1 fully saturated rings. The molecular formula is C32H36N4O2. The molecule has 6 nitrogen and oxygen atoms in total. The van der Waals surface area contributed by atoms with E-state index in [0.717, 1.165) is 59.6 Å². The summed E-state index contributed by atoms with van der Waals surface area (Å²) in [7, 11) is 0. The molecule has 0 aliphatic heterocycles. The molecule has 1 amide bonds. The second-order valence-electron chi connectivity index (χ2n) is 10.2. The smallest absolute Gasteiger partial charge is 0.223 e. The number of nitrogens with zero attached hydrogens (tertiary/aromatic N) is 1. The van der Waals surface area contributed by atoms with Gasteiger partial charge in [-0.25, -0.2) is 4.98 Å². The fourth-order valence-corrected chi connectivity index (χ4v) is 5.14. The summed E-state index contributed by atoms with van der Waals surface area (Å²) < 4.78 is 5.93. The fourth-order valence-electron chi connectivity index (χ4n) is 5.14. The van der Waals surface area contributed by atoms with Crippen LogP contribution in [-0.4, -0.2) is 22.4 Å². The molecule has 5 rings (SSSR count). The summed E-state index contributed by atoms with van der Waals surface area (Å²) in [6.07, 6.45) is 6.42. The summed E-state index contributed by atoms with van der Waals surface area (Å²) in [6, 6.07) is 28.1. The monoisotopic (exact) mass is 508 g/mol. The van der Waals surface area contributed by atoms with Crippen molar-refractivity contribution in [3.63, 3.8) is 0 Å². The zero-order valence-corrected chi connectivity index (χ0v) is 21.7. The average Bonchev–Trinajstić information content (AvgIpc) is 3.47. The van der Waals surface area contributed by atoms with Crippen molar-refractivity contribution in [3.05, 3.63) is 108 Å². The Labute approximate surface area is 224 Å². The van der Waals surface area contributed by atoms with Crippen LogP contribution in [0, 0.1) is 11.8 Å². The molecule has 0 bridgehead atoms. The molecule has 4 N–H and O–H groups in total. The molecule has 3 aromatic carbocycles. The zero-order chi connectivity index (χ0) is 26.2. The van der Waals surface area contributed by atoms with E-state index >= 15 is 0 Å². The molecule has 1 unspecified atom stereocenters. The third-order valence-electron chi connectivity index (χ3n) is 7.48. The van der Waals surface area contributed by atoms with Crippen LogP contribution in [0.2, 0.25) is 0 Å². The SMILES string of the molecule is NCC1CCC(C(=O)NC(Cc2ccccc2)c2nc(-c3ccc(OCc4ccccc4)cc3)c[nH]2)CC1. The number of carbonyl (C=O) groups is 1. The number of hydrogen-bond acceptors (Lipinski definition) is 4. The summed E-state index contributed by atoms with van der Waals surface area (Å²) in [5.74, 6) is 2.26. The molecule has 38 heavy (non-hydrogen) atoms. The first-order valence-electron chi connectivity index (χ1n) is 13.5. The number of aromatic nitrogens is 2. The lowest BCUT2D eigenvalue weighted by atomic mass is 9.81. The number of hydrogen-bond donors (Lipinski definition) is 3. The molecule has 1 heterocycles. The van der Waals surface area contributed by atoms with Crippen molar-refractivity contribution in [2.24, 2.45) is 17.6 Å². The molecule has 1 atom stereocenters. The minimum atomic E-state index is -0.237. The first-order chi connectivity index (χ1) is 18.7. The lowest BCUT2D eigenvalue weighted by Gasteiger charge is -2.28. The maximum atomic E-state index is 13.2. The molecule has 1 aliphatic rings. The van der Waals surface area contributed by atoms with Gasteiger partial charge < -0.3 is 20.8 Å². The van der Waals surface area contributed by atoms with E-state index in [0.29, 0.717) is 25.5 Å². The van der Waals surface area contributed by atoms with Crippen molar-refractivity contribution < 1.29 is 9.53 Å². The predicted molar refractivity (Wildman–Crippen MR) is 150 cm³/mol. The number of nitrogens with two attached hydrogens (primary N) is 1. The van der Waals surface area contributed by atoms with E-state index < -0.39 is 0 Å². The summed E-state index contributed by atoms with van der Waals surface area (Å²) in [4.78, 5) is 21.5. The molecule has 1 aromatic heterocycles. The summed E-state index contributed by atoms with van der Waals surface area (Å²) in [5.41, 5.74) is 9.96. The average molecular weight is 509 g/mol. The van der Waals surface area contributed by atoms with Gasteiger partial charge in [0.2, 0.25) is 5.91 Å². The number of carbonyl (C=O) groups excluding carboxylic acids is 1. The van der Waals surface area contributed by atoms with Crippen LogP contribution in [0.5, 0.6) is 5.75 Å². The number of H-pyrrole nitrogens is 1. The Morgan fingerprint density at radius 3 is 2.24 bits per heavy atom. The Hall–Kier alpha value is -3.90. The van der Waals surface area contributed by atoms with Crippen LogP contribution in [0.3, 0.4) is 0 Å². The molecule has 1 aliphatic carbocycles. The topological polar surface area (TPSA) is 93.0 Å². The van der Waals surface area contributed by atoms with Crippen LogP contribution in [0.1, 0.15) is 48.7 Å². The number of rotatable bonds is 10. The molecular weight excluding hydrogens is 472 g/mol. The highest BCUT2D eigenvalue weighted by atomic mass is 16.5. The van der Waals surface area contributed by atoms with Crippen LogP contribution in [0.4, 0.5) is 0 Å². The lowest BCUT2D eigenvalue weighted by molar-refractivity contribution is -0.127. The molecule has 0 saturated heterocycles. The largest absolute Gasteiger partial charge is 0.489 e. The van der Waals surface area contributed by atoms with Gasteiger partial charge in [-0.2, -0.15) is 0 Å². The fraction of sp³-hybridized carbons (Fsp3) is 0.312. The van der Waals surface area contributed by atoms with Crippen molar-refractivity contribution >= 4 is 5.91 Å². The molecule has 4 aromatic rings. The third kappa shape index (κ3) is 6.69. The van der Waals surface area contributed by atoms with Gasteiger partial charge in [0.05, 0.1) is 11.7 Å². The number of nitrogens with one attached hydrogen (secondary N) is 2. The molecule has 196 valence electrons. The van der Waals surface area contributed by atoms with Crippen LogP contribution in [0.15, 0.2) is 91.1 Å². The van der Waals surface area contributed by atoms with Gasteiger partial charge in [-0.05, 0) is 80.0 Å². The Morgan fingerprint density at radius 1 is 0.921 bits per heavy atom. The highest BCUT2D eigenvalue weighted by Gasteiger charge is 2.28. The quantitative estimate of drug-likeness (QED) is 0.252. The zero-order valence-electron chi connectivity index (χ0n) is 21.7. The Kier molecular flexibility index (Phi) is 8.51. The van der Waals surface area contributed by atoms with Gasteiger partial charge in [0.1, 0.15) is 18.2 Å². The normalized spacial score (nSPS) is 18.0. The minimum absolute atomic E-state index is 0.0361. The van der Waals surface area contributed by atoms with Crippen LogP contribution < -0.4 is 15.8 Å². The minimum Gasteiger partial charge on any atom is -0.489 e. The molecule has 6 heteroatoms. The van der Waals surface area contributed by atoms with Gasteiger partial charge in [0.15, 0.2) is 0 Å². The second-order valence-corrected chi connectivity index (χ2v) is 10.2. The Morgan fingerprint density at radius 2 is 1.58 bits per heavy atom. The van der Waals surface area contributed by atoms with Gasteiger partial charge in [0, 0.05) is 17.7 Å². The predicted octanol–water partition coefficient (Wildman–Crippen LogP) is 5.82. The maximum Gasteiger partial charge on any atom is 0.223 e. The van der Waals surface area contributed by atoms with Gasteiger partial charge in [-0.1, -0.05) is 60.7 Å². The number of aromatic amines is 1. The highest BCUT2D eigenvalue weighted by molar-refractivity contribution is 5.79. The van der Waals surface area contributed by atoms with E-state index in [1.165, 1.54) is 0 Å². The van der Waals surface area contributed by atoms with Crippen molar-refractivity contribution in [1.82, 2.24) is 15.3 Å². The molecule has 0 spiro atoms. The first kappa shape index (κ1) is 25.7. The maximum absolute atomic E-state index is 13.2. The molecule has 0 radical (unpaired) electrons. The van der Waals surface area contributed by atoms with Gasteiger partial charge in [-0.3, -0.25) is 4.79 Å². The summed E-state index contributed by atoms with van der Waals surface area (Å²) >= 11 is 0. The molecule has 1 saturated carbocycles. The van der Waals surface area contributed by atoms with E-state index in [1.807, 2.05) is 66.9 Å². The Bertz CT molecular complexity index is 1280. The van der Waals surface area contributed by atoms with Crippen molar-refractivity contribution in [2.45, 2.75) is 44.8 Å². The number of benzene rings is 3. The highest BCUT2D eigenvalue weighted by Crippen LogP contribution is 2.30. The van der Waals surface area contributed by atoms with Gasteiger partial charge >= 0.3 is 0 Å². The van der Waals surface area contributed by atoms with E-state index in [-0.39, 0.29) is 17.9 Å². The van der Waals surface area contributed by atoms with E-state index in [1.54, 1.807) is 0 Å². The van der Waals surface area contributed by atoms with Crippen LogP contribution >= 0.6 is 0 Å². The first-order valence-corrected chi connectivity index (χ1v) is 13.5. The van der Waals surface area contributed by atoms with E-state index in [2.05, 4.69) is 34.6 Å². The number of amides is 1. The van der Waals surface area contributed by atoms with Gasteiger partial charge in [-0.15, -0.1) is 0 Å². The second kappa shape index (κ2) is 12.6. The number of imidazole rings is 1. The summed E-state index contributed by atoms with van der Waals surface area (Å²) in [6.45, 7) is 1.24. The van der Waals surface area contributed by atoms with Gasteiger partial charge in [0.25, 0.3) is 0 Å². The van der Waals surface area contributed by atoms with Crippen LogP contribution in [-0.2, 0) is 17.8 Å². The summed E-state index contributed by atoms with van der Waals surface area (Å²) in [5, 5.41) is 3.31. The van der Waals surface area contributed by atoms with Crippen molar-refractivity contribution in [2.75, 3.05) is 6.54 Å². The van der Waals surface area contributed by atoms with Crippen LogP contribution in [0.25, 0.3) is 11.3 Å². The number of ether oxygens (including phenoxy) is 1.